The quantitative estimate of drug-likeness (QED) is 0.503. The monoisotopic (exact) mass is 154 g/mol. The minimum atomic E-state index is -0.0487. The lowest BCUT2D eigenvalue weighted by molar-refractivity contribution is -0.125. The maximum absolute atomic E-state index is 10.8. The standard InChI is InChI=1S/C7H10N2O2/c10-6-4-11-7-5(9-6)2-1-3-8-7/h8H,1-4H2,(H,9,10). The van der Waals surface area contributed by atoms with Crippen LogP contribution < -0.4 is 10.6 Å². The third kappa shape index (κ3) is 1.15. The van der Waals surface area contributed by atoms with Crippen LogP contribution in [0.4, 0.5) is 0 Å². The number of hydrogen-bond acceptors (Lipinski definition) is 3. The van der Waals surface area contributed by atoms with Gasteiger partial charge in [0, 0.05) is 6.54 Å². The molecule has 60 valence electrons. The van der Waals surface area contributed by atoms with Crippen molar-refractivity contribution in [3.05, 3.63) is 11.6 Å². The molecule has 4 nitrogen and oxygen atoms in total. The molecule has 0 spiro atoms. The zero-order valence-electron chi connectivity index (χ0n) is 6.14. The molecule has 0 atom stereocenters. The number of ether oxygens (including phenoxy) is 1. The Balaban J connectivity index is 2.18. The van der Waals surface area contributed by atoms with Crippen molar-refractivity contribution in [3.63, 3.8) is 0 Å². The van der Waals surface area contributed by atoms with Crippen molar-refractivity contribution in [1.29, 1.82) is 0 Å². The molecule has 4 heteroatoms. The van der Waals surface area contributed by atoms with Crippen LogP contribution in [0.1, 0.15) is 12.8 Å². The molecule has 1 amide bonds. The number of amides is 1. The fourth-order valence-electron chi connectivity index (χ4n) is 1.29. The number of allylic oxidation sites excluding steroid dienone is 1. The summed E-state index contributed by atoms with van der Waals surface area (Å²) in [6, 6.07) is 0. The van der Waals surface area contributed by atoms with E-state index in [1.165, 1.54) is 0 Å². The molecule has 2 N–H and O–H groups in total. The second-order valence-electron chi connectivity index (χ2n) is 2.67. The average Bonchev–Trinajstić information content (AvgIpc) is 2.04. The van der Waals surface area contributed by atoms with Crippen LogP contribution in [0.25, 0.3) is 0 Å². The van der Waals surface area contributed by atoms with Crippen LogP contribution in [0.15, 0.2) is 11.6 Å². The zero-order chi connectivity index (χ0) is 7.68. The van der Waals surface area contributed by atoms with Crippen LogP contribution in [-0.2, 0) is 9.53 Å². The highest BCUT2D eigenvalue weighted by Gasteiger charge is 2.20. The minimum absolute atomic E-state index is 0.0487. The van der Waals surface area contributed by atoms with E-state index in [1.54, 1.807) is 0 Å². The van der Waals surface area contributed by atoms with Crippen LogP contribution in [0.5, 0.6) is 0 Å². The molecule has 2 aliphatic heterocycles. The maximum Gasteiger partial charge on any atom is 0.262 e. The number of carbonyl (C=O) groups is 1. The average molecular weight is 154 g/mol. The first kappa shape index (κ1) is 6.52. The van der Waals surface area contributed by atoms with E-state index in [0.29, 0.717) is 0 Å². The van der Waals surface area contributed by atoms with Crippen molar-refractivity contribution in [2.45, 2.75) is 12.8 Å². The van der Waals surface area contributed by atoms with Gasteiger partial charge in [0.2, 0.25) is 5.88 Å². The molecule has 0 unspecified atom stereocenters. The van der Waals surface area contributed by atoms with E-state index in [0.717, 1.165) is 31.0 Å². The third-order valence-corrected chi connectivity index (χ3v) is 1.80. The second-order valence-corrected chi connectivity index (χ2v) is 2.67. The van der Waals surface area contributed by atoms with Gasteiger partial charge in [-0.1, -0.05) is 0 Å². The lowest BCUT2D eigenvalue weighted by atomic mass is 10.2. The molecule has 0 fully saturated rings. The maximum atomic E-state index is 10.8. The van der Waals surface area contributed by atoms with E-state index >= 15 is 0 Å². The summed E-state index contributed by atoms with van der Waals surface area (Å²) in [6.45, 7) is 1.08. The number of hydrogen-bond donors (Lipinski definition) is 2. The first-order chi connectivity index (χ1) is 5.36. The van der Waals surface area contributed by atoms with Crippen molar-refractivity contribution in [2.75, 3.05) is 13.2 Å². The van der Waals surface area contributed by atoms with Gasteiger partial charge in [-0.15, -0.1) is 0 Å². The molecule has 0 aromatic heterocycles. The van der Waals surface area contributed by atoms with Crippen LogP contribution in [0.3, 0.4) is 0 Å². The fourth-order valence-corrected chi connectivity index (χ4v) is 1.29. The van der Waals surface area contributed by atoms with Gasteiger partial charge in [-0.3, -0.25) is 4.79 Å². The smallest absolute Gasteiger partial charge is 0.262 e. The van der Waals surface area contributed by atoms with Gasteiger partial charge in [-0.05, 0) is 12.8 Å². The van der Waals surface area contributed by atoms with Gasteiger partial charge < -0.3 is 15.4 Å². The first-order valence-electron chi connectivity index (χ1n) is 3.76. The van der Waals surface area contributed by atoms with Gasteiger partial charge in [0.05, 0.1) is 5.70 Å². The Hall–Kier alpha value is -1.19. The predicted octanol–water partition coefficient (Wildman–Crippen LogP) is -0.315. The number of rotatable bonds is 0. The molecule has 0 aromatic rings. The zero-order valence-corrected chi connectivity index (χ0v) is 6.14. The molecule has 2 aliphatic rings. The fraction of sp³-hybridized carbons (Fsp3) is 0.571. The van der Waals surface area contributed by atoms with Crippen LogP contribution in [0, 0.1) is 0 Å². The molecular formula is C7H10N2O2. The minimum Gasteiger partial charge on any atom is -0.468 e. The molecule has 0 saturated heterocycles. The van der Waals surface area contributed by atoms with Gasteiger partial charge in [-0.25, -0.2) is 0 Å². The highest BCUT2D eigenvalue weighted by Crippen LogP contribution is 2.15. The van der Waals surface area contributed by atoms with Gasteiger partial charge >= 0.3 is 0 Å². The van der Waals surface area contributed by atoms with Crippen LogP contribution in [-0.4, -0.2) is 19.1 Å². The largest absolute Gasteiger partial charge is 0.468 e. The van der Waals surface area contributed by atoms with Gasteiger partial charge in [0.1, 0.15) is 0 Å². The molecule has 2 heterocycles. The molecule has 2 rings (SSSR count). The molecule has 0 saturated carbocycles. The third-order valence-electron chi connectivity index (χ3n) is 1.80. The molecule has 0 radical (unpaired) electrons. The summed E-state index contributed by atoms with van der Waals surface area (Å²) in [5, 5.41) is 5.86. The Morgan fingerprint density at radius 3 is 3.27 bits per heavy atom. The van der Waals surface area contributed by atoms with Crippen LogP contribution >= 0.6 is 0 Å². The molecule has 0 bridgehead atoms. The molecule has 0 aromatic carbocycles. The summed E-state index contributed by atoms with van der Waals surface area (Å²) in [6.07, 6.45) is 1.97. The van der Waals surface area contributed by atoms with Crippen LogP contribution in [0.2, 0.25) is 0 Å². The normalized spacial score (nSPS) is 23.1. The number of carbonyl (C=O) groups excluding carboxylic acids is 1. The Bertz CT molecular complexity index is 222. The van der Waals surface area contributed by atoms with Crippen molar-refractivity contribution in [2.24, 2.45) is 0 Å². The highest BCUT2D eigenvalue weighted by atomic mass is 16.5. The van der Waals surface area contributed by atoms with E-state index in [9.17, 15) is 4.79 Å². The van der Waals surface area contributed by atoms with Gasteiger partial charge in [-0.2, -0.15) is 0 Å². The first-order valence-corrected chi connectivity index (χ1v) is 3.76. The summed E-state index contributed by atoms with van der Waals surface area (Å²) >= 11 is 0. The topological polar surface area (TPSA) is 50.4 Å². The Kier molecular flexibility index (Phi) is 1.45. The summed E-state index contributed by atoms with van der Waals surface area (Å²) < 4.78 is 5.15. The van der Waals surface area contributed by atoms with E-state index in [2.05, 4.69) is 10.6 Å². The number of nitrogens with one attached hydrogen (secondary N) is 2. The summed E-state index contributed by atoms with van der Waals surface area (Å²) in [5.74, 6) is 0.711. The lowest BCUT2D eigenvalue weighted by Crippen LogP contribution is -2.39. The second kappa shape index (κ2) is 2.45. The SMILES string of the molecule is O=C1COC2=C(CCCN2)N1. The molecule has 11 heavy (non-hydrogen) atoms. The van der Waals surface area contributed by atoms with E-state index in [4.69, 9.17) is 4.74 Å². The predicted molar refractivity (Wildman–Crippen MR) is 38.4 cm³/mol. The van der Waals surface area contributed by atoms with Crippen molar-refractivity contribution < 1.29 is 9.53 Å². The van der Waals surface area contributed by atoms with Crippen molar-refractivity contribution in [1.82, 2.24) is 10.6 Å². The van der Waals surface area contributed by atoms with E-state index in [1.807, 2.05) is 0 Å². The van der Waals surface area contributed by atoms with E-state index in [-0.39, 0.29) is 12.5 Å². The van der Waals surface area contributed by atoms with Crippen molar-refractivity contribution >= 4 is 5.91 Å². The van der Waals surface area contributed by atoms with E-state index < -0.39 is 0 Å². The van der Waals surface area contributed by atoms with Gasteiger partial charge in [0.25, 0.3) is 5.91 Å². The summed E-state index contributed by atoms with van der Waals surface area (Å²) in [7, 11) is 0. The van der Waals surface area contributed by atoms with Crippen molar-refractivity contribution in [3.8, 4) is 0 Å². The Morgan fingerprint density at radius 2 is 2.36 bits per heavy atom. The summed E-state index contributed by atoms with van der Waals surface area (Å²) in [5.41, 5.74) is 0.910. The Morgan fingerprint density at radius 1 is 1.45 bits per heavy atom. The summed E-state index contributed by atoms with van der Waals surface area (Å²) in [4.78, 5) is 10.8. The molecular weight excluding hydrogens is 144 g/mol. The lowest BCUT2D eigenvalue weighted by Gasteiger charge is -2.25. The molecule has 0 aliphatic carbocycles. The highest BCUT2D eigenvalue weighted by molar-refractivity contribution is 5.80. The van der Waals surface area contributed by atoms with Gasteiger partial charge in [0.15, 0.2) is 6.61 Å². The Labute approximate surface area is 64.6 Å².